The van der Waals surface area contributed by atoms with Gasteiger partial charge in [-0.05, 0) is 66.5 Å². The molecular formula is C24H18ClNO4. The number of anilines is 1. The van der Waals surface area contributed by atoms with Gasteiger partial charge in [-0.2, -0.15) is 0 Å². The molecule has 5 aliphatic rings. The molecule has 0 aromatic heterocycles. The van der Waals surface area contributed by atoms with Gasteiger partial charge in [0, 0.05) is 0 Å². The lowest BCUT2D eigenvalue weighted by atomic mass is 9.63. The normalized spacial score (nSPS) is 32.8. The first kappa shape index (κ1) is 17.9. The van der Waals surface area contributed by atoms with Gasteiger partial charge in [0.2, 0.25) is 11.8 Å². The number of halogens is 1. The Bertz CT molecular complexity index is 1090. The van der Waals surface area contributed by atoms with Crippen molar-refractivity contribution in [3.8, 4) is 5.75 Å². The molecule has 4 aliphatic carbocycles. The molecule has 1 aliphatic heterocycles. The van der Waals surface area contributed by atoms with Gasteiger partial charge in [0.25, 0.3) is 0 Å². The Morgan fingerprint density at radius 1 is 0.900 bits per heavy atom. The number of benzene rings is 2. The minimum atomic E-state index is -0.551. The highest BCUT2D eigenvalue weighted by Gasteiger charge is 2.67. The van der Waals surface area contributed by atoms with E-state index < -0.39 is 5.97 Å². The maximum absolute atomic E-state index is 13.2. The summed E-state index contributed by atoms with van der Waals surface area (Å²) in [7, 11) is 0. The molecule has 2 amide bonds. The molecule has 1 heterocycles. The third kappa shape index (κ3) is 2.45. The van der Waals surface area contributed by atoms with E-state index in [1.165, 1.54) is 4.90 Å². The van der Waals surface area contributed by atoms with Gasteiger partial charge < -0.3 is 4.74 Å². The van der Waals surface area contributed by atoms with Gasteiger partial charge in [-0.25, -0.2) is 4.79 Å². The number of para-hydroxylation sites is 1. The summed E-state index contributed by atoms with van der Waals surface area (Å²) in [5.74, 6) is 0.561. The van der Waals surface area contributed by atoms with Gasteiger partial charge in [-0.3, -0.25) is 14.5 Å². The van der Waals surface area contributed by atoms with Gasteiger partial charge in [0.15, 0.2) is 0 Å². The molecule has 5 nitrogen and oxygen atoms in total. The van der Waals surface area contributed by atoms with Crippen LogP contribution in [0.1, 0.15) is 16.8 Å². The molecule has 6 atom stereocenters. The standard InChI is InChI=1S/C24H18ClNO4/c25-18-3-1-2-4-19(18)30-24(29)12-5-7-13(8-6-12)26-22(27)20-14-9-10-15(17-11-16(14)17)21(20)23(26)28/h1-10,14-17,20-21H,11H2. The van der Waals surface area contributed by atoms with Crippen molar-refractivity contribution in [2.75, 3.05) is 4.90 Å². The highest BCUT2D eigenvalue weighted by Crippen LogP contribution is 2.65. The molecule has 0 N–H and O–H groups in total. The van der Waals surface area contributed by atoms with Crippen LogP contribution in [-0.4, -0.2) is 17.8 Å². The summed E-state index contributed by atoms with van der Waals surface area (Å²) in [5, 5.41) is 0.347. The minimum Gasteiger partial charge on any atom is -0.421 e. The van der Waals surface area contributed by atoms with Crippen molar-refractivity contribution in [1.29, 1.82) is 0 Å². The summed E-state index contributed by atoms with van der Waals surface area (Å²) < 4.78 is 5.34. The Labute approximate surface area is 178 Å². The first-order chi connectivity index (χ1) is 14.5. The molecule has 2 saturated carbocycles. The maximum atomic E-state index is 13.2. The molecule has 2 bridgehead atoms. The van der Waals surface area contributed by atoms with E-state index in [9.17, 15) is 14.4 Å². The number of rotatable bonds is 3. The van der Waals surface area contributed by atoms with E-state index in [1.807, 2.05) is 0 Å². The SMILES string of the molecule is O=C(Oc1ccccc1Cl)c1ccc(N2C(=O)C3C4C=CC(C5CC45)C3C2=O)cc1. The Morgan fingerprint density at radius 3 is 2.10 bits per heavy atom. The molecule has 0 spiro atoms. The zero-order valence-corrected chi connectivity index (χ0v) is 16.7. The van der Waals surface area contributed by atoms with E-state index in [0.717, 1.165) is 6.42 Å². The number of hydrogen-bond acceptors (Lipinski definition) is 4. The van der Waals surface area contributed by atoms with E-state index in [4.69, 9.17) is 16.3 Å². The van der Waals surface area contributed by atoms with Crippen molar-refractivity contribution in [3.63, 3.8) is 0 Å². The fourth-order valence-electron chi connectivity index (χ4n) is 5.64. The van der Waals surface area contributed by atoms with Crippen LogP contribution in [0.3, 0.4) is 0 Å². The Hall–Kier alpha value is -2.92. The van der Waals surface area contributed by atoms with E-state index in [0.29, 0.717) is 28.1 Å². The van der Waals surface area contributed by atoms with Gasteiger partial charge >= 0.3 is 5.97 Å². The zero-order valence-electron chi connectivity index (χ0n) is 15.9. The first-order valence-electron chi connectivity index (χ1n) is 10.2. The number of esters is 1. The van der Waals surface area contributed by atoms with Crippen molar-refractivity contribution < 1.29 is 19.1 Å². The number of allylic oxidation sites excluding steroid dienone is 2. The van der Waals surface area contributed by atoms with Crippen molar-refractivity contribution in [2.45, 2.75) is 6.42 Å². The van der Waals surface area contributed by atoms with Gasteiger partial charge in [-0.15, -0.1) is 0 Å². The lowest BCUT2D eigenvalue weighted by Gasteiger charge is -2.37. The van der Waals surface area contributed by atoms with E-state index in [2.05, 4.69) is 12.2 Å². The topological polar surface area (TPSA) is 63.7 Å². The van der Waals surface area contributed by atoms with E-state index in [-0.39, 0.29) is 41.2 Å². The van der Waals surface area contributed by atoms with Crippen LogP contribution < -0.4 is 9.64 Å². The van der Waals surface area contributed by atoms with Crippen LogP contribution in [-0.2, 0) is 9.59 Å². The van der Waals surface area contributed by atoms with Crippen LogP contribution in [0.5, 0.6) is 5.75 Å². The fraction of sp³-hybridized carbons (Fsp3) is 0.292. The van der Waals surface area contributed by atoms with Crippen LogP contribution >= 0.6 is 11.6 Å². The summed E-state index contributed by atoms with van der Waals surface area (Å²) in [4.78, 5) is 40.1. The predicted molar refractivity (Wildman–Crippen MR) is 110 cm³/mol. The molecule has 1 saturated heterocycles. The van der Waals surface area contributed by atoms with Crippen LogP contribution in [0.2, 0.25) is 5.02 Å². The van der Waals surface area contributed by atoms with Gasteiger partial charge in [0.1, 0.15) is 5.75 Å². The van der Waals surface area contributed by atoms with Gasteiger partial charge in [-0.1, -0.05) is 35.9 Å². The summed E-state index contributed by atoms with van der Waals surface area (Å²) in [6.45, 7) is 0. The number of amides is 2. The molecule has 150 valence electrons. The molecule has 2 aromatic rings. The highest BCUT2D eigenvalue weighted by molar-refractivity contribution is 6.32. The lowest BCUT2D eigenvalue weighted by molar-refractivity contribution is -0.124. The number of carbonyl (C=O) groups excluding carboxylic acids is 3. The third-order valence-corrected chi connectivity index (χ3v) is 7.38. The van der Waals surface area contributed by atoms with Crippen molar-refractivity contribution in [3.05, 3.63) is 71.3 Å². The zero-order chi connectivity index (χ0) is 20.6. The van der Waals surface area contributed by atoms with Gasteiger partial charge in [0.05, 0.1) is 28.1 Å². The Kier molecular flexibility index (Phi) is 3.75. The summed E-state index contributed by atoms with van der Waals surface area (Å²) in [6.07, 6.45) is 5.45. The van der Waals surface area contributed by atoms with E-state index in [1.54, 1.807) is 48.5 Å². The van der Waals surface area contributed by atoms with Crippen molar-refractivity contribution in [2.24, 2.45) is 35.5 Å². The van der Waals surface area contributed by atoms with Crippen molar-refractivity contribution >= 4 is 35.1 Å². The average molecular weight is 420 g/mol. The molecular weight excluding hydrogens is 402 g/mol. The molecule has 0 radical (unpaired) electrons. The molecule has 3 fully saturated rings. The van der Waals surface area contributed by atoms with Crippen molar-refractivity contribution in [1.82, 2.24) is 0 Å². The van der Waals surface area contributed by atoms with Crippen LogP contribution in [0.15, 0.2) is 60.7 Å². The summed E-state index contributed by atoms with van der Waals surface area (Å²) >= 11 is 6.04. The smallest absolute Gasteiger partial charge is 0.343 e. The first-order valence-corrected chi connectivity index (χ1v) is 10.6. The minimum absolute atomic E-state index is 0.110. The third-order valence-electron chi connectivity index (χ3n) is 7.06. The average Bonchev–Trinajstić information content (AvgIpc) is 3.53. The number of nitrogens with zero attached hydrogens (tertiary/aromatic N) is 1. The number of hydrogen-bond donors (Lipinski definition) is 0. The Balaban J connectivity index is 1.24. The molecule has 30 heavy (non-hydrogen) atoms. The number of carbonyl (C=O) groups is 3. The van der Waals surface area contributed by atoms with Crippen LogP contribution in [0, 0.1) is 35.5 Å². The molecule has 2 aromatic carbocycles. The Morgan fingerprint density at radius 2 is 1.50 bits per heavy atom. The number of ether oxygens (including phenoxy) is 1. The van der Waals surface area contributed by atoms with Crippen LogP contribution in [0.25, 0.3) is 0 Å². The largest absolute Gasteiger partial charge is 0.421 e. The fourth-order valence-corrected chi connectivity index (χ4v) is 5.82. The monoisotopic (exact) mass is 419 g/mol. The molecule has 6 unspecified atom stereocenters. The number of imide groups is 1. The summed E-state index contributed by atoms with van der Waals surface area (Å²) in [6, 6.07) is 13.1. The highest BCUT2D eigenvalue weighted by atomic mass is 35.5. The second-order valence-corrected chi connectivity index (χ2v) is 8.94. The molecule has 6 heteroatoms. The molecule has 7 rings (SSSR count). The summed E-state index contributed by atoms with van der Waals surface area (Å²) in [5.41, 5.74) is 0.819. The second-order valence-electron chi connectivity index (χ2n) is 8.53. The predicted octanol–water partition coefficient (Wildman–Crippen LogP) is 4.12. The van der Waals surface area contributed by atoms with E-state index >= 15 is 0 Å². The quantitative estimate of drug-likeness (QED) is 0.325. The van der Waals surface area contributed by atoms with Crippen LogP contribution in [0.4, 0.5) is 5.69 Å². The lowest BCUT2D eigenvalue weighted by Crippen LogP contribution is -2.40. The maximum Gasteiger partial charge on any atom is 0.343 e. The second kappa shape index (κ2) is 6.29.